The number of ether oxygens (including phenoxy) is 1. The fourth-order valence-electron chi connectivity index (χ4n) is 2.73. The molecule has 0 unspecified atom stereocenters. The second kappa shape index (κ2) is 8.75. The van der Waals surface area contributed by atoms with Gasteiger partial charge in [0.2, 0.25) is 9.84 Å². The summed E-state index contributed by atoms with van der Waals surface area (Å²) >= 11 is 0. The number of rotatable bonds is 7. The number of halogens is 1. The number of hydrogen-bond donors (Lipinski definition) is 1. The van der Waals surface area contributed by atoms with E-state index in [-0.39, 0.29) is 15.5 Å². The van der Waals surface area contributed by atoms with Crippen LogP contribution in [0, 0.1) is 15.9 Å². The highest BCUT2D eigenvalue weighted by Crippen LogP contribution is 2.25. The molecule has 3 rings (SSSR count). The van der Waals surface area contributed by atoms with Gasteiger partial charge in [0.05, 0.1) is 14.7 Å². The van der Waals surface area contributed by atoms with Crippen molar-refractivity contribution in [2.75, 3.05) is 5.32 Å². The smallest absolute Gasteiger partial charge is 0.269 e. The number of nitro benzene ring substituents is 1. The van der Waals surface area contributed by atoms with Crippen molar-refractivity contribution in [1.29, 1.82) is 0 Å². The molecule has 32 heavy (non-hydrogen) atoms. The van der Waals surface area contributed by atoms with Crippen LogP contribution in [0.15, 0.2) is 82.6 Å². The monoisotopic (exact) mass is 458 g/mol. The van der Waals surface area contributed by atoms with E-state index >= 15 is 0 Å². The lowest BCUT2D eigenvalue weighted by molar-refractivity contribution is -0.384. The number of carbonyl (C=O) groups is 1. The molecule has 0 aliphatic heterocycles. The third kappa shape index (κ3) is 5.09. The van der Waals surface area contributed by atoms with Crippen molar-refractivity contribution in [2.45, 2.75) is 29.2 Å². The Morgan fingerprint density at radius 1 is 0.938 bits per heavy atom. The van der Waals surface area contributed by atoms with E-state index in [9.17, 15) is 27.7 Å². The van der Waals surface area contributed by atoms with Gasteiger partial charge in [0.25, 0.3) is 11.6 Å². The van der Waals surface area contributed by atoms with Crippen LogP contribution in [0.1, 0.15) is 13.8 Å². The van der Waals surface area contributed by atoms with Crippen molar-refractivity contribution >= 4 is 27.1 Å². The van der Waals surface area contributed by atoms with Gasteiger partial charge >= 0.3 is 0 Å². The Labute approximate surface area is 183 Å². The Hall–Kier alpha value is -3.79. The minimum absolute atomic E-state index is 0.0359. The Morgan fingerprint density at radius 2 is 1.44 bits per heavy atom. The van der Waals surface area contributed by atoms with Crippen molar-refractivity contribution in [3.8, 4) is 5.75 Å². The first-order valence-corrected chi connectivity index (χ1v) is 10.8. The number of nitrogens with zero attached hydrogens (tertiary/aromatic N) is 1. The molecule has 0 bridgehead atoms. The zero-order valence-corrected chi connectivity index (χ0v) is 17.9. The summed E-state index contributed by atoms with van der Waals surface area (Å²) in [5.41, 5.74) is -1.16. The summed E-state index contributed by atoms with van der Waals surface area (Å²) in [6.07, 6.45) is 0. The predicted molar refractivity (Wildman–Crippen MR) is 115 cm³/mol. The number of amides is 1. The lowest BCUT2D eigenvalue weighted by Gasteiger charge is -2.25. The number of nitro groups is 1. The Bertz CT molecular complexity index is 1240. The first-order chi connectivity index (χ1) is 15.0. The molecular weight excluding hydrogens is 439 g/mol. The average Bonchev–Trinajstić information content (AvgIpc) is 2.75. The van der Waals surface area contributed by atoms with Gasteiger partial charge in [-0.3, -0.25) is 14.9 Å². The summed E-state index contributed by atoms with van der Waals surface area (Å²) in [6, 6.07) is 15.3. The second-order valence-electron chi connectivity index (χ2n) is 7.30. The Morgan fingerprint density at radius 3 is 1.94 bits per heavy atom. The molecule has 8 nitrogen and oxygen atoms in total. The number of hydrogen-bond acceptors (Lipinski definition) is 6. The standard InChI is InChI=1S/C22H19FN2O6S/c1-22(2,31-18-9-3-15(23)4-10-18)21(26)24-16-5-11-19(12-6-16)32(29,30)20-13-7-17(8-14-20)25(27)28/h3-14H,1-2H3,(H,24,26). The normalized spacial score (nSPS) is 11.6. The molecule has 0 saturated heterocycles. The topological polar surface area (TPSA) is 116 Å². The van der Waals surface area contributed by atoms with Crippen LogP contribution in [0.4, 0.5) is 15.8 Å². The average molecular weight is 458 g/mol. The van der Waals surface area contributed by atoms with Crippen LogP contribution >= 0.6 is 0 Å². The zero-order chi connectivity index (χ0) is 23.5. The first kappa shape index (κ1) is 22.9. The maximum atomic E-state index is 13.0. The number of carbonyl (C=O) groups excluding carboxylic acids is 1. The minimum atomic E-state index is -3.89. The number of non-ortho nitro benzene ring substituents is 1. The van der Waals surface area contributed by atoms with Gasteiger partial charge in [0.1, 0.15) is 11.6 Å². The van der Waals surface area contributed by atoms with Gasteiger partial charge in [0.15, 0.2) is 5.60 Å². The maximum absolute atomic E-state index is 13.0. The van der Waals surface area contributed by atoms with Crippen molar-refractivity contribution in [2.24, 2.45) is 0 Å². The highest BCUT2D eigenvalue weighted by atomic mass is 32.2. The van der Waals surface area contributed by atoms with Crippen molar-refractivity contribution in [1.82, 2.24) is 0 Å². The van der Waals surface area contributed by atoms with Gasteiger partial charge in [-0.25, -0.2) is 12.8 Å². The SMILES string of the molecule is CC(C)(Oc1ccc(F)cc1)C(=O)Nc1ccc(S(=O)(=O)c2ccc([N+](=O)[O-])cc2)cc1. The highest BCUT2D eigenvalue weighted by molar-refractivity contribution is 7.91. The summed E-state index contributed by atoms with van der Waals surface area (Å²) in [5, 5.41) is 13.4. The number of sulfone groups is 1. The molecule has 0 radical (unpaired) electrons. The van der Waals surface area contributed by atoms with E-state index in [0.29, 0.717) is 11.4 Å². The van der Waals surface area contributed by atoms with Gasteiger partial charge in [-0.15, -0.1) is 0 Å². The second-order valence-corrected chi connectivity index (χ2v) is 9.25. The van der Waals surface area contributed by atoms with Crippen LogP contribution < -0.4 is 10.1 Å². The molecule has 0 fully saturated rings. The number of benzene rings is 3. The fraction of sp³-hybridized carbons (Fsp3) is 0.136. The van der Waals surface area contributed by atoms with Gasteiger partial charge in [0, 0.05) is 17.8 Å². The van der Waals surface area contributed by atoms with Gasteiger partial charge in [-0.05, 0) is 74.5 Å². The quantitative estimate of drug-likeness (QED) is 0.415. The molecule has 0 aliphatic rings. The van der Waals surface area contributed by atoms with Crippen LogP contribution in [0.3, 0.4) is 0 Å². The molecule has 166 valence electrons. The van der Waals surface area contributed by atoms with Crippen molar-refractivity contribution in [3.05, 3.63) is 88.7 Å². The van der Waals surface area contributed by atoms with E-state index < -0.39 is 32.1 Å². The summed E-state index contributed by atoms with van der Waals surface area (Å²) in [6.45, 7) is 3.08. The lowest BCUT2D eigenvalue weighted by atomic mass is 10.1. The summed E-state index contributed by atoms with van der Waals surface area (Å²) in [5.74, 6) is -0.604. The largest absolute Gasteiger partial charge is 0.478 e. The summed E-state index contributed by atoms with van der Waals surface area (Å²) < 4.78 is 44.1. The van der Waals surface area contributed by atoms with E-state index in [1.165, 1.54) is 60.7 Å². The number of nitrogens with one attached hydrogen (secondary N) is 1. The molecule has 1 amide bonds. The Balaban J connectivity index is 1.72. The zero-order valence-electron chi connectivity index (χ0n) is 17.1. The van der Waals surface area contributed by atoms with Crippen LogP contribution in [0.5, 0.6) is 5.75 Å². The van der Waals surface area contributed by atoms with Crippen LogP contribution in [0.25, 0.3) is 0 Å². The van der Waals surface area contributed by atoms with E-state index in [1.54, 1.807) is 13.8 Å². The van der Waals surface area contributed by atoms with Gasteiger partial charge in [-0.2, -0.15) is 0 Å². The number of anilines is 1. The summed E-state index contributed by atoms with van der Waals surface area (Å²) in [7, 11) is -3.89. The van der Waals surface area contributed by atoms with Gasteiger partial charge < -0.3 is 10.1 Å². The van der Waals surface area contributed by atoms with Gasteiger partial charge in [-0.1, -0.05) is 0 Å². The molecular formula is C22H19FN2O6S. The van der Waals surface area contributed by atoms with E-state index in [0.717, 1.165) is 12.1 Å². The first-order valence-electron chi connectivity index (χ1n) is 9.35. The third-order valence-electron chi connectivity index (χ3n) is 4.51. The molecule has 3 aromatic carbocycles. The predicted octanol–water partition coefficient (Wildman–Crippen LogP) is 4.36. The van der Waals surface area contributed by atoms with Crippen molar-refractivity contribution < 1.29 is 27.3 Å². The fourth-order valence-corrected chi connectivity index (χ4v) is 3.99. The molecule has 10 heteroatoms. The third-order valence-corrected chi connectivity index (χ3v) is 6.30. The molecule has 0 heterocycles. The van der Waals surface area contributed by atoms with Crippen LogP contribution in [-0.2, 0) is 14.6 Å². The molecule has 0 atom stereocenters. The van der Waals surface area contributed by atoms with E-state index in [1.807, 2.05) is 0 Å². The molecule has 1 N–H and O–H groups in total. The van der Waals surface area contributed by atoms with Crippen LogP contribution in [0.2, 0.25) is 0 Å². The molecule has 0 aliphatic carbocycles. The maximum Gasteiger partial charge on any atom is 0.269 e. The van der Waals surface area contributed by atoms with Crippen LogP contribution in [-0.4, -0.2) is 24.8 Å². The minimum Gasteiger partial charge on any atom is -0.478 e. The molecule has 0 aromatic heterocycles. The molecule has 3 aromatic rings. The Kier molecular flexibility index (Phi) is 6.26. The molecule has 0 spiro atoms. The molecule has 0 saturated carbocycles. The lowest BCUT2D eigenvalue weighted by Crippen LogP contribution is -2.42. The van der Waals surface area contributed by atoms with E-state index in [2.05, 4.69) is 5.32 Å². The highest BCUT2D eigenvalue weighted by Gasteiger charge is 2.30. The summed E-state index contributed by atoms with van der Waals surface area (Å²) in [4.78, 5) is 22.6. The van der Waals surface area contributed by atoms with Crippen molar-refractivity contribution in [3.63, 3.8) is 0 Å². The van der Waals surface area contributed by atoms with E-state index in [4.69, 9.17) is 4.74 Å².